The van der Waals surface area contributed by atoms with Crippen molar-refractivity contribution in [3.05, 3.63) is 60.7 Å². The molecule has 0 saturated carbocycles. The average Bonchev–Trinajstić information content (AvgIpc) is 3.37. The van der Waals surface area contributed by atoms with Crippen molar-refractivity contribution >= 4 is 26.0 Å². The van der Waals surface area contributed by atoms with Crippen LogP contribution in [0.2, 0.25) is 0 Å². The smallest absolute Gasteiger partial charge is 0.243 e. The number of benzene rings is 2. The summed E-state index contributed by atoms with van der Waals surface area (Å²) in [6, 6.07) is 14.6. The topological polar surface area (TPSA) is 113 Å². The lowest BCUT2D eigenvalue weighted by Crippen LogP contribution is -2.61. The number of carbonyl (C=O) groups excluding carboxylic acids is 1. The second-order valence-electron chi connectivity index (χ2n) is 8.00. The van der Waals surface area contributed by atoms with E-state index < -0.39 is 32.0 Å². The van der Waals surface area contributed by atoms with E-state index in [1.807, 2.05) is 0 Å². The Bertz CT molecular complexity index is 1170. The van der Waals surface area contributed by atoms with E-state index in [0.29, 0.717) is 6.61 Å². The van der Waals surface area contributed by atoms with Crippen LogP contribution < -0.4 is 5.32 Å². The standard InChI is InChI=1S/C22H27N3O6S2/c26-22(23-16-18-8-7-15-31-18)21-17-24(32(27,28)19-9-3-1-4-10-19)13-14-25(21)33(29,30)20-11-5-2-6-12-20/h1-6,9-12,18,21H,7-8,13-17H2,(H,23,26)/t18-,21+/m1/s1. The van der Waals surface area contributed by atoms with E-state index in [4.69, 9.17) is 4.74 Å². The summed E-state index contributed by atoms with van der Waals surface area (Å²) in [5, 5.41) is 2.77. The van der Waals surface area contributed by atoms with Crippen molar-refractivity contribution < 1.29 is 26.4 Å². The van der Waals surface area contributed by atoms with Crippen molar-refractivity contribution in [2.24, 2.45) is 0 Å². The first-order valence-corrected chi connectivity index (χ1v) is 13.7. The first-order valence-electron chi connectivity index (χ1n) is 10.8. The Kier molecular flexibility index (Phi) is 7.15. The molecule has 1 N–H and O–H groups in total. The summed E-state index contributed by atoms with van der Waals surface area (Å²) in [5.74, 6) is -0.544. The highest BCUT2D eigenvalue weighted by atomic mass is 32.2. The molecule has 0 bridgehead atoms. The maximum Gasteiger partial charge on any atom is 0.243 e. The fourth-order valence-electron chi connectivity index (χ4n) is 4.07. The molecule has 2 fully saturated rings. The molecule has 2 atom stereocenters. The lowest BCUT2D eigenvalue weighted by atomic mass is 10.2. The monoisotopic (exact) mass is 493 g/mol. The molecule has 1 amide bonds. The van der Waals surface area contributed by atoms with E-state index in [-0.39, 0.29) is 42.1 Å². The zero-order valence-corrected chi connectivity index (χ0v) is 19.7. The number of amides is 1. The van der Waals surface area contributed by atoms with Crippen molar-refractivity contribution in [2.45, 2.75) is 34.8 Å². The molecule has 2 saturated heterocycles. The summed E-state index contributed by atoms with van der Waals surface area (Å²) in [7, 11) is -7.89. The molecule has 4 rings (SSSR count). The van der Waals surface area contributed by atoms with Gasteiger partial charge in [-0.1, -0.05) is 36.4 Å². The Balaban J connectivity index is 1.61. The molecule has 0 spiro atoms. The van der Waals surface area contributed by atoms with Crippen LogP contribution in [0.25, 0.3) is 0 Å². The van der Waals surface area contributed by atoms with Gasteiger partial charge in [0.05, 0.1) is 15.9 Å². The molecular formula is C22H27N3O6S2. The number of hydrogen-bond acceptors (Lipinski definition) is 6. The predicted octanol–water partition coefficient (Wildman–Crippen LogP) is 1.05. The molecule has 178 valence electrons. The van der Waals surface area contributed by atoms with Gasteiger partial charge in [0.15, 0.2) is 0 Å². The van der Waals surface area contributed by atoms with Crippen LogP contribution in [0.1, 0.15) is 12.8 Å². The van der Waals surface area contributed by atoms with Crippen LogP contribution in [0.5, 0.6) is 0 Å². The van der Waals surface area contributed by atoms with Gasteiger partial charge in [0.1, 0.15) is 6.04 Å². The third-order valence-electron chi connectivity index (χ3n) is 5.86. The quantitative estimate of drug-likeness (QED) is 0.617. The Morgan fingerprint density at radius 1 is 0.909 bits per heavy atom. The first kappa shape index (κ1) is 23.8. The molecule has 2 aliphatic rings. The Morgan fingerprint density at radius 3 is 2.09 bits per heavy atom. The lowest BCUT2D eigenvalue weighted by molar-refractivity contribution is -0.126. The molecule has 0 unspecified atom stereocenters. The summed E-state index contributed by atoms with van der Waals surface area (Å²) in [5.41, 5.74) is 0. The maximum atomic E-state index is 13.3. The van der Waals surface area contributed by atoms with Gasteiger partial charge in [-0.15, -0.1) is 0 Å². The summed E-state index contributed by atoms with van der Waals surface area (Å²) in [6.45, 7) is 0.405. The first-order chi connectivity index (χ1) is 15.8. The van der Waals surface area contributed by atoms with E-state index >= 15 is 0 Å². The molecule has 2 aromatic carbocycles. The fourth-order valence-corrected chi connectivity index (χ4v) is 7.12. The maximum absolute atomic E-state index is 13.3. The second kappa shape index (κ2) is 9.90. The Hall–Kier alpha value is -2.31. The van der Waals surface area contributed by atoms with Crippen LogP contribution in [-0.2, 0) is 29.6 Å². The third-order valence-corrected chi connectivity index (χ3v) is 9.66. The molecule has 33 heavy (non-hydrogen) atoms. The van der Waals surface area contributed by atoms with Crippen molar-refractivity contribution in [3.63, 3.8) is 0 Å². The van der Waals surface area contributed by atoms with Crippen LogP contribution in [0.3, 0.4) is 0 Å². The second-order valence-corrected chi connectivity index (χ2v) is 11.8. The summed E-state index contributed by atoms with van der Waals surface area (Å²) < 4.78 is 60.8. The zero-order chi connectivity index (χ0) is 23.5. The lowest BCUT2D eigenvalue weighted by Gasteiger charge is -2.39. The molecule has 2 aliphatic heterocycles. The van der Waals surface area contributed by atoms with Crippen LogP contribution in [0, 0.1) is 0 Å². The third kappa shape index (κ3) is 5.12. The van der Waals surface area contributed by atoms with E-state index in [9.17, 15) is 21.6 Å². The van der Waals surface area contributed by atoms with E-state index in [1.54, 1.807) is 36.4 Å². The molecular weight excluding hydrogens is 466 g/mol. The molecule has 9 nitrogen and oxygen atoms in total. The normalized spacial score (nSPS) is 22.8. The summed E-state index contributed by atoms with van der Waals surface area (Å²) >= 11 is 0. The van der Waals surface area contributed by atoms with Gasteiger partial charge >= 0.3 is 0 Å². The van der Waals surface area contributed by atoms with Gasteiger partial charge in [0.2, 0.25) is 26.0 Å². The van der Waals surface area contributed by atoms with Gasteiger partial charge in [0, 0.05) is 32.8 Å². The highest BCUT2D eigenvalue weighted by Gasteiger charge is 2.43. The summed E-state index contributed by atoms with van der Waals surface area (Å²) in [6.07, 6.45) is 1.59. The van der Waals surface area contributed by atoms with Crippen LogP contribution in [0.15, 0.2) is 70.5 Å². The number of sulfonamides is 2. The Labute approximate surface area is 194 Å². The average molecular weight is 494 g/mol. The van der Waals surface area contributed by atoms with Gasteiger partial charge < -0.3 is 10.1 Å². The van der Waals surface area contributed by atoms with Gasteiger partial charge in [-0.2, -0.15) is 8.61 Å². The molecule has 2 heterocycles. The molecule has 0 radical (unpaired) electrons. The highest BCUT2D eigenvalue weighted by molar-refractivity contribution is 7.89. The van der Waals surface area contributed by atoms with Crippen molar-refractivity contribution in [1.82, 2.24) is 13.9 Å². The number of rotatable bonds is 7. The van der Waals surface area contributed by atoms with Crippen LogP contribution in [-0.4, -0.2) is 76.3 Å². The number of hydrogen-bond donors (Lipinski definition) is 1. The van der Waals surface area contributed by atoms with Crippen LogP contribution in [0.4, 0.5) is 0 Å². The van der Waals surface area contributed by atoms with Crippen molar-refractivity contribution in [2.75, 3.05) is 32.8 Å². The van der Waals surface area contributed by atoms with Gasteiger partial charge in [-0.3, -0.25) is 4.79 Å². The molecule has 0 aliphatic carbocycles. The van der Waals surface area contributed by atoms with E-state index in [2.05, 4.69) is 5.32 Å². The van der Waals surface area contributed by atoms with Crippen LogP contribution >= 0.6 is 0 Å². The van der Waals surface area contributed by atoms with Crippen molar-refractivity contribution in [1.29, 1.82) is 0 Å². The molecule has 0 aromatic heterocycles. The minimum absolute atomic E-state index is 0.0567. The van der Waals surface area contributed by atoms with E-state index in [0.717, 1.165) is 17.1 Å². The number of nitrogens with one attached hydrogen (secondary N) is 1. The number of ether oxygens (including phenoxy) is 1. The number of nitrogens with zero attached hydrogens (tertiary/aromatic N) is 2. The minimum atomic E-state index is -4.01. The summed E-state index contributed by atoms with van der Waals surface area (Å²) in [4.78, 5) is 13.3. The minimum Gasteiger partial charge on any atom is -0.376 e. The largest absolute Gasteiger partial charge is 0.376 e. The van der Waals surface area contributed by atoms with Crippen molar-refractivity contribution in [3.8, 4) is 0 Å². The number of piperazine rings is 1. The van der Waals surface area contributed by atoms with Gasteiger partial charge in [-0.25, -0.2) is 16.8 Å². The molecule has 11 heteroatoms. The van der Waals surface area contributed by atoms with E-state index in [1.165, 1.54) is 28.6 Å². The van der Waals surface area contributed by atoms with Gasteiger partial charge in [-0.05, 0) is 37.1 Å². The highest BCUT2D eigenvalue weighted by Crippen LogP contribution is 2.25. The van der Waals surface area contributed by atoms with Gasteiger partial charge in [0.25, 0.3) is 0 Å². The zero-order valence-electron chi connectivity index (χ0n) is 18.0. The predicted molar refractivity (Wildman–Crippen MR) is 121 cm³/mol. The Morgan fingerprint density at radius 2 is 1.52 bits per heavy atom. The SMILES string of the molecule is O=C(NC[C@H]1CCCO1)[C@@H]1CN(S(=O)(=O)c2ccccc2)CCN1S(=O)(=O)c1ccccc1. The fraction of sp³-hybridized carbons (Fsp3) is 0.409. The number of carbonyl (C=O) groups is 1. The molecule has 2 aromatic rings.